The minimum atomic E-state index is -0.234. The van der Waals surface area contributed by atoms with Crippen LogP contribution in [0.2, 0.25) is 10.0 Å². The summed E-state index contributed by atoms with van der Waals surface area (Å²) in [6, 6.07) is 8.42. The highest BCUT2D eigenvalue weighted by molar-refractivity contribution is 7.15. The summed E-state index contributed by atoms with van der Waals surface area (Å²) < 4.78 is 5.34. The van der Waals surface area contributed by atoms with E-state index in [0.29, 0.717) is 22.2 Å². The quantitative estimate of drug-likeness (QED) is 0.710. The van der Waals surface area contributed by atoms with Crippen LogP contribution in [0.5, 0.6) is 0 Å². The summed E-state index contributed by atoms with van der Waals surface area (Å²) in [6.07, 6.45) is 1.61. The van der Waals surface area contributed by atoms with Crippen molar-refractivity contribution in [3.8, 4) is 10.8 Å². The largest absolute Gasteiger partial charge is 0.462 e. The number of benzene rings is 1. The smallest absolute Gasteiger partial charge is 0.251 e. The molecule has 0 saturated carbocycles. The van der Waals surface area contributed by atoms with Crippen LogP contribution in [0.3, 0.4) is 0 Å². The van der Waals surface area contributed by atoms with Crippen molar-refractivity contribution >= 4 is 40.4 Å². The molecule has 0 aliphatic carbocycles. The van der Waals surface area contributed by atoms with Gasteiger partial charge in [0.1, 0.15) is 0 Å². The number of rotatable bonds is 4. The van der Waals surface area contributed by atoms with E-state index in [1.165, 1.54) is 11.3 Å². The number of aryl methyl sites for hydroxylation is 1. The molecule has 0 fully saturated rings. The van der Waals surface area contributed by atoms with E-state index >= 15 is 0 Å². The lowest BCUT2D eigenvalue weighted by Gasteiger charge is -2.05. The molecule has 0 radical (unpaired) electrons. The van der Waals surface area contributed by atoms with Crippen molar-refractivity contribution in [2.24, 2.45) is 0 Å². The van der Waals surface area contributed by atoms with E-state index in [0.717, 1.165) is 21.3 Å². The van der Waals surface area contributed by atoms with Gasteiger partial charge in [0.2, 0.25) is 0 Å². The van der Waals surface area contributed by atoms with E-state index < -0.39 is 0 Å². The second-order valence-corrected chi connectivity index (χ2v) is 6.80. The maximum atomic E-state index is 12.2. The fraction of sp³-hybridized carbons (Fsp3) is 0.125. The predicted molar refractivity (Wildman–Crippen MR) is 92.2 cm³/mol. The van der Waals surface area contributed by atoms with Crippen LogP contribution in [-0.2, 0) is 6.54 Å². The molecule has 23 heavy (non-hydrogen) atoms. The number of thiazole rings is 1. The van der Waals surface area contributed by atoms with Gasteiger partial charge in [-0.25, -0.2) is 4.98 Å². The van der Waals surface area contributed by atoms with Gasteiger partial charge in [-0.3, -0.25) is 4.79 Å². The molecule has 1 aromatic carbocycles. The molecule has 0 unspecified atom stereocenters. The molecule has 0 saturated heterocycles. The van der Waals surface area contributed by atoms with Crippen LogP contribution in [0.4, 0.5) is 0 Å². The van der Waals surface area contributed by atoms with Gasteiger partial charge in [-0.15, -0.1) is 11.3 Å². The first-order valence-corrected chi connectivity index (χ1v) is 8.34. The Bertz CT molecular complexity index is 824. The molecule has 7 heteroatoms. The predicted octanol–water partition coefficient (Wildman–Crippen LogP) is 4.95. The average Bonchev–Trinajstić information content (AvgIpc) is 3.13. The topological polar surface area (TPSA) is 55.1 Å². The third-order valence-corrected chi connectivity index (χ3v) is 4.77. The van der Waals surface area contributed by atoms with Crippen LogP contribution in [0.25, 0.3) is 10.8 Å². The fourth-order valence-electron chi connectivity index (χ4n) is 2.05. The highest BCUT2D eigenvalue weighted by atomic mass is 35.5. The Hall–Kier alpha value is -1.82. The Morgan fingerprint density at radius 2 is 2.04 bits per heavy atom. The standard InChI is InChI=1S/C16H12Cl2N2O2S/c1-9-14(23-16(20-9)13-3-2-4-22-13)8-19-15(21)10-5-11(17)7-12(18)6-10/h2-7H,8H2,1H3,(H,19,21). The highest BCUT2D eigenvalue weighted by Gasteiger charge is 2.13. The van der Waals surface area contributed by atoms with Gasteiger partial charge in [-0.2, -0.15) is 0 Å². The maximum absolute atomic E-state index is 12.2. The van der Waals surface area contributed by atoms with Crippen molar-refractivity contribution in [2.45, 2.75) is 13.5 Å². The fourth-order valence-corrected chi connectivity index (χ4v) is 3.54. The van der Waals surface area contributed by atoms with Crippen molar-refractivity contribution < 1.29 is 9.21 Å². The third kappa shape index (κ3) is 3.75. The molecule has 2 heterocycles. The molecule has 0 aliphatic rings. The van der Waals surface area contributed by atoms with Gasteiger partial charge in [0.05, 0.1) is 18.5 Å². The molecule has 0 spiro atoms. The lowest BCUT2D eigenvalue weighted by atomic mass is 10.2. The first-order valence-electron chi connectivity index (χ1n) is 6.77. The van der Waals surface area contributed by atoms with Crippen molar-refractivity contribution in [3.63, 3.8) is 0 Å². The molecule has 0 bridgehead atoms. The first-order chi connectivity index (χ1) is 11.0. The first kappa shape index (κ1) is 16.1. The number of carbonyl (C=O) groups excluding carboxylic acids is 1. The number of carbonyl (C=O) groups is 1. The minimum absolute atomic E-state index is 0.234. The monoisotopic (exact) mass is 366 g/mol. The molecular weight excluding hydrogens is 355 g/mol. The molecule has 1 N–H and O–H groups in total. The summed E-state index contributed by atoms with van der Waals surface area (Å²) in [5.41, 5.74) is 1.29. The number of halogens is 2. The Morgan fingerprint density at radius 3 is 2.70 bits per heavy atom. The van der Waals surface area contributed by atoms with Crippen LogP contribution in [0.15, 0.2) is 41.0 Å². The molecule has 3 aromatic rings. The number of furan rings is 1. The molecule has 0 aliphatic heterocycles. The minimum Gasteiger partial charge on any atom is -0.462 e. The van der Waals surface area contributed by atoms with Crippen molar-refractivity contribution in [3.05, 3.63) is 62.8 Å². The van der Waals surface area contributed by atoms with E-state index in [1.807, 2.05) is 19.1 Å². The zero-order valence-corrected chi connectivity index (χ0v) is 14.4. The second-order valence-electron chi connectivity index (χ2n) is 4.85. The van der Waals surface area contributed by atoms with Crippen LogP contribution in [0, 0.1) is 6.92 Å². The second kappa shape index (κ2) is 6.74. The maximum Gasteiger partial charge on any atom is 0.251 e. The van der Waals surface area contributed by atoms with E-state index in [9.17, 15) is 4.79 Å². The Balaban J connectivity index is 1.72. The van der Waals surface area contributed by atoms with Gasteiger partial charge < -0.3 is 9.73 Å². The van der Waals surface area contributed by atoms with Gasteiger partial charge in [0.25, 0.3) is 5.91 Å². The Morgan fingerprint density at radius 1 is 1.30 bits per heavy atom. The number of nitrogens with zero attached hydrogens (tertiary/aromatic N) is 1. The number of hydrogen-bond acceptors (Lipinski definition) is 4. The van der Waals surface area contributed by atoms with Gasteiger partial charge in [-0.1, -0.05) is 23.2 Å². The van der Waals surface area contributed by atoms with E-state index in [1.54, 1.807) is 24.5 Å². The van der Waals surface area contributed by atoms with Gasteiger partial charge in [0, 0.05) is 20.5 Å². The SMILES string of the molecule is Cc1nc(-c2ccco2)sc1CNC(=O)c1cc(Cl)cc(Cl)c1. The van der Waals surface area contributed by atoms with Crippen molar-refractivity contribution in [1.82, 2.24) is 10.3 Å². The summed E-state index contributed by atoms with van der Waals surface area (Å²) in [5, 5.41) is 4.50. The van der Waals surface area contributed by atoms with Crippen molar-refractivity contribution in [1.29, 1.82) is 0 Å². The van der Waals surface area contributed by atoms with Crippen molar-refractivity contribution in [2.75, 3.05) is 0 Å². The normalized spacial score (nSPS) is 10.7. The zero-order chi connectivity index (χ0) is 16.4. The zero-order valence-electron chi connectivity index (χ0n) is 12.1. The lowest BCUT2D eigenvalue weighted by molar-refractivity contribution is 0.0951. The molecule has 118 valence electrons. The summed E-state index contributed by atoms with van der Waals surface area (Å²) >= 11 is 13.3. The lowest BCUT2D eigenvalue weighted by Crippen LogP contribution is -2.22. The third-order valence-electron chi connectivity index (χ3n) is 3.16. The van der Waals surface area contributed by atoms with E-state index in [4.69, 9.17) is 27.6 Å². The number of hydrogen-bond donors (Lipinski definition) is 1. The summed E-state index contributed by atoms with van der Waals surface area (Å²) in [6.45, 7) is 2.29. The number of amides is 1. The number of nitrogens with one attached hydrogen (secondary N) is 1. The van der Waals surface area contributed by atoms with Crippen LogP contribution in [0.1, 0.15) is 20.9 Å². The molecule has 3 rings (SSSR count). The average molecular weight is 367 g/mol. The van der Waals surface area contributed by atoms with Crippen LogP contribution in [-0.4, -0.2) is 10.9 Å². The van der Waals surface area contributed by atoms with Gasteiger partial charge in [-0.05, 0) is 37.3 Å². The molecule has 2 aromatic heterocycles. The van der Waals surface area contributed by atoms with Gasteiger partial charge in [0.15, 0.2) is 10.8 Å². The molecule has 0 atom stereocenters. The van der Waals surface area contributed by atoms with E-state index in [-0.39, 0.29) is 5.91 Å². The summed E-state index contributed by atoms with van der Waals surface area (Å²) in [4.78, 5) is 17.6. The molecule has 1 amide bonds. The van der Waals surface area contributed by atoms with Crippen LogP contribution >= 0.6 is 34.5 Å². The number of aromatic nitrogens is 1. The van der Waals surface area contributed by atoms with E-state index in [2.05, 4.69) is 10.3 Å². The highest BCUT2D eigenvalue weighted by Crippen LogP contribution is 2.28. The summed E-state index contributed by atoms with van der Waals surface area (Å²) in [5.74, 6) is 0.485. The summed E-state index contributed by atoms with van der Waals surface area (Å²) in [7, 11) is 0. The molecular formula is C16H12Cl2N2O2S. The Labute approximate surface area is 147 Å². The Kier molecular flexibility index (Phi) is 4.71. The van der Waals surface area contributed by atoms with Crippen LogP contribution < -0.4 is 5.32 Å². The van der Waals surface area contributed by atoms with Gasteiger partial charge >= 0.3 is 0 Å². The molecule has 4 nitrogen and oxygen atoms in total.